The van der Waals surface area contributed by atoms with Gasteiger partial charge >= 0.3 is 5.69 Å². The van der Waals surface area contributed by atoms with E-state index in [-0.39, 0.29) is 11.3 Å². The zero-order valence-corrected chi connectivity index (χ0v) is 11.4. The molecule has 1 N–H and O–H groups in total. The summed E-state index contributed by atoms with van der Waals surface area (Å²) in [6, 6.07) is 3.18. The highest BCUT2D eigenvalue weighted by Gasteiger charge is 2.26. The molecule has 2 rings (SSSR count). The van der Waals surface area contributed by atoms with Gasteiger partial charge in [-0.15, -0.1) is 0 Å². The van der Waals surface area contributed by atoms with Gasteiger partial charge in [0.1, 0.15) is 6.07 Å². The fraction of sp³-hybridized carbons (Fsp3) is 0.538. The number of anilines is 1. The lowest BCUT2D eigenvalue weighted by atomic mass is 9.97. The molecule has 0 amide bonds. The summed E-state index contributed by atoms with van der Waals surface area (Å²) in [7, 11) is 1.93. The lowest BCUT2D eigenvalue weighted by molar-refractivity contribution is -0.384. The number of rotatable bonds is 4. The number of pyridine rings is 1. The van der Waals surface area contributed by atoms with Crippen molar-refractivity contribution in [2.24, 2.45) is 5.92 Å². The summed E-state index contributed by atoms with van der Waals surface area (Å²) in [5.74, 6) is 0.977. The molecule has 0 radical (unpaired) electrons. The third-order valence-electron chi connectivity index (χ3n) is 3.58. The minimum atomic E-state index is -0.469. The molecule has 7 heteroatoms. The van der Waals surface area contributed by atoms with E-state index >= 15 is 0 Å². The van der Waals surface area contributed by atoms with Gasteiger partial charge in [-0.2, -0.15) is 5.26 Å². The second-order valence-electron chi connectivity index (χ2n) is 4.92. The van der Waals surface area contributed by atoms with E-state index < -0.39 is 4.92 Å². The van der Waals surface area contributed by atoms with Crippen molar-refractivity contribution >= 4 is 11.5 Å². The number of nitrogens with zero attached hydrogens (tertiary/aromatic N) is 4. The molecule has 1 saturated heterocycles. The van der Waals surface area contributed by atoms with E-state index in [9.17, 15) is 10.1 Å². The molecule has 2 heterocycles. The van der Waals surface area contributed by atoms with Gasteiger partial charge < -0.3 is 10.2 Å². The first-order valence-electron chi connectivity index (χ1n) is 6.59. The minimum Gasteiger partial charge on any atom is -0.351 e. The van der Waals surface area contributed by atoms with E-state index in [1.165, 1.54) is 12.3 Å². The van der Waals surface area contributed by atoms with Crippen LogP contribution in [-0.4, -0.2) is 36.6 Å². The Labute approximate surface area is 117 Å². The first-order chi connectivity index (χ1) is 9.65. The fourth-order valence-electron chi connectivity index (χ4n) is 2.52. The zero-order chi connectivity index (χ0) is 14.5. The summed E-state index contributed by atoms with van der Waals surface area (Å²) in [5.41, 5.74) is 0.127. The van der Waals surface area contributed by atoms with E-state index in [2.05, 4.69) is 10.3 Å². The average Bonchev–Trinajstić information content (AvgIpc) is 2.48. The third kappa shape index (κ3) is 3.03. The summed E-state index contributed by atoms with van der Waals surface area (Å²) in [5, 5.41) is 23.1. The van der Waals surface area contributed by atoms with Gasteiger partial charge in [0, 0.05) is 25.4 Å². The fourth-order valence-corrected chi connectivity index (χ4v) is 2.52. The predicted octanol–water partition coefficient (Wildman–Crippen LogP) is 1.30. The van der Waals surface area contributed by atoms with E-state index in [1.54, 1.807) is 0 Å². The van der Waals surface area contributed by atoms with Crippen LogP contribution in [0.2, 0.25) is 0 Å². The lowest BCUT2D eigenvalue weighted by Crippen LogP contribution is -2.37. The zero-order valence-electron chi connectivity index (χ0n) is 11.4. The monoisotopic (exact) mass is 275 g/mol. The van der Waals surface area contributed by atoms with Gasteiger partial charge in [0.15, 0.2) is 0 Å². The molecule has 0 spiro atoms. The maximum Gasteiger partial charge on any atom is 0.312 e. The van der Waals surface area contributed by atoms with Crippen molar-refractivity contribution in [2.75, 3.05) is 31.6 Å². The number of hydrogen-bond acceptors (Lipinski definition) is 6. The summed E-state index contributed by atoms with van der Waals surface area (Å²) >= 11 is 0. The molecule has 106 valence electrons. The van der Waals surface area contributed by atoms with Crippen molar-refractivity contribution in [3.8, 4) is 6.07 Å². The smallest absolute Gasteiger partial charge is 0.312 e. The van der Waals surface area contributed by atoms with Crippen molar-refractivity contribution in [1.82, 2.24) is 10.3 Å². The first kappa shape index (κ1) is 14.2. The molecule has 1 aromatic heterocycles. The number of nitro groups is 1. The molecule has 1 fully saturated rings. The van der Waals surface area contributed by atoms with Crippen LogP contribution in [0.4, 0.5) is 11.5 Å². The Hall–Kier alpha value is -2.20. The van der Waals surface area contributed by atoms with Crippen LogP contribution in [0, 0.1) is 27.4 Å². The second-order valence-corrected chi connectivity index (χ2v) is 4.92. The van der Waals surface area contributed by atoms with E-state index in [1.807, 2.05) is 18.0 Å². The van der Waals surface area contributed by atoms with Crippen molar-refractivity contribution in [3.05, 3.63) is 27.9 Å². The molecule has 1 aromatic rings. The Balaban J connectivity index is 2.17. The molecule has 0 saturated carbocycles. The standard InChI is InChI=1S/C13H17N5O2/c1-15-8-10-2-4-17(5-3-10)13-12(18(19)20)6-11(7-14)9-16-13/h6,9-10,15H,2-5,8H2,1H3. The molecule has 20 heavy (non-hydrogen) atoms. The number of nitrogens with one attached hydrogen (secondary N) is 1. The molecule has 0 aliphatic carbocycles. The van der Waals surface area contributed by atoms with E-state index in [0.717, 1.165) is 32.5 Å². The van der Waals surface area contributed by atoms with Gasteiger partial charge in [-0.1, -0.05) is 0 Å². The SMILES string of the molecule is CNCC1CCN(c2ncc(C#N)cc2[N+](=O)[O-])CC1. The van der Waals surface area contributed by atoms with Gasteiger partial charge in [-0.25, -0.2) is 4.98 Å². The Morgan fingerprint density at radius 3 is 2.85 bits per heavy atom. The van der Waals surface area contributed by atoms with Gasteiger partial charge in [0.05, 0.1) is 10.5 Å². The van der Waals surface area contributed by atoms with Crippen LogP contribution < -0.4 is 10.2 Å². The van der Waals surface area contributed by atoms with Gasteiger partial charge in [-0.3, -0.25) is 10.1 Å². The molecule has 7 nitrogen and oxygen atoms in total. The number of aromatic nitrogens is 1. The summed E-state index contributed by atoms with van der Waals surface area (Å²) in [6.07, 6.45) is 3.36. The molecule has 0 aromatic carbocycles. The quantitative estimate of drug-likeness (QED) is 0.657. The lowest BCUT2D eigenvalue weighted by Gasteiger charge is -2.32. The molecule has 1 aliphatic rings. The summed E-state index contributed by atoms with van der Waals surface area (Å²) < 4.78 is 0. The molecular weight excluding hydrogens is 258 g/mol. The largest absolute Gasteiger partial charge is 0.351 e. The van der Waals surface area contributed by atoms with E-state index in [0.29, 0.717) is 11.7 Å². The van der Waals surface area contributed by atoms with Crippen LogP contribution in [0.25, 0.3) is 0 Å². The van der Waals surface area contributed by atoms with Crippen molar-refractivity contribution in [1.29, 1.82) is 5.26 Å². The average molecular weight is 275 g/mol. The Kier molecular flexibility index (Phi) is 4.48. The summed E-state index contributed by atoms with van der Waals surface area (Å²) in [6.45, 7) is 2.48. The highest BCUT2D eigenvalue weighted by Crippen LogP contribution is 2.29. The van der Waals surface area contributed by atoms with Gasteiger partial charge in [0.25, 0.3) is 0 Å². The van der Waals surface area contributed by atoms with Crippen LogP contribution in [0.3, 0.4) is 0 Å². The van der Waals surface area contributed by atoms with Crippen molar-refractivity contribution in [3.63, 3.8) is 0 Å². The first-order valence-corrected chi connectivity index (χ1v) is 6.59. The van der Waals surface area contributed by atoms with Gasteiger partial charge in [-0.05, 0) is 32.4 Å². The van der Waals surface area contributed by atoms with Gasteiger partial charge in [0.2, 0.25) is 5.82 Å². The molecule has 0 atom stereocenters. The third-order valence-corrected chi connectivity index (χ3v) is 3.58. The highest BCUT2D eigenvalue weighted by atomic mass is 16.6. The Morgan fingerprint density at radius 2 is 2.30 bits per heavy atom. The number of piperidine rings is 1. The van der Waals surface area contributed by atoms with Crippen LogP contribution in [-0.2, 0) is 0 Å². The molecule has 0 bridgehead atoms. The number of nitriles is 1. The van der Waals surface area contributed by atoms with Crippen molar-refractivity contribution < 1.29 is 4.92 Å². The van der Waals surface area contributed by atoms with E-state index in [4.69, 9.17) is 5.26 Å². The molecule has 0 unspecified atom stereocenters. The predicted molar refractivity (Wildman–Crippen MR) is 74.5 cm³/mol. The maximum atomic E-state index is 11.1. The topological polar surface area (TPSA) is 95.1 Å². The normalized spacial score (nSPS) is 15.9. The van der Waals surface area contributed by atoms with Crippen LogP contribution in [0.5, 0.6) is 0 Å². The number of hydrogen-bond donors (Lipinski definition) is 1. The Bertz CT molecular complexity index is 532. The maximum absolute atomic E-state index is 11.1. The van der Waals surface area contributed by atoms with Crippen LogP contribution >= 0.6 is 0 Å². The highest BCUT2D eigenvalue weighted by molar-refractivity contribution is 5.60. The molecule has 1 aliphatic heterocycles. The minimum absolute atomic E-state index is 0.0869. The second kappa shape index (κ2) is 6.30. The molecular formula is C13H17N5O2. The summed E-state index contributed by atoms with van der Waals surface area (Å²) in [4.78, 5) is 16.7. The van der Waals surface area contributed by atoms with Crippen LogP contribution in [0.1, 0.15) is 18.4 Å². The van der Waals surface area contributed by atoms with Crippen LogP contribution in [0.15, 0.2) is 12.3 Å². The Morgan fingerprint density at radius 1 is 1.60 bits per heavy atom. The van der Waals surface area contributed by atoms with Crippen molar-refractivity contribution in [2.45, 2.75) is 12.8 Å².